The molecule has 7 heteroatoms. The molecule has 0 bridgehead atoms. The summed E-state index contributed by atoms with van der Waals surface area (Å²) >= 11 is 0. The van der Waals surface area contributed by atoms with E-state index in [1.54, 1.807) is 12.1 Å². The summed E-state index contributed by atoms with van der Waals surface area (Å²) in [5, 5.41) is 21.8. The van der Waals surface area contributed by atoms with Crippen molar-refractivity contribution in [2.75, 3.05) is 12.4 Å². The molecule has 1 aromatic heterocycles. The standard InChI is InChI=1S/C27H30FNO4.C7H9N/c1-18(2)26-23(17-30)25(19-8-4-3-5-9-19)27(20-11-13-21(28)14-12-20)29(26)15-7-6-10-22(31)16-24(32)33;1-8-7-5-3-2-4-6-7/h3-5,8-9,11-14,17-18,22,31H,6-7,10,15-16H2,1-2H3,(H,32,33);2-6,8H,1H3. The molecule has 3 aromatic carbocycles. The maximum Gasteiger partial charge on any atom is 0.305 e. The Morgan fingerprint density at radius 2 is 1.54 bits per heavy atom. The first-order chi connectivity index (χ1) is 19.8. The van der Waals surface area contributed by atoms with Crippen molar-refractivity contribution >= 4 is 17.9 Å². The Morgan fingerprint density at radius 1 is 0.927 bits per heavy atom. The molecule has 0 aliphatic rings. The van der Waals surface area contributed by atoms with Crippen molar-refractivity contribution in [3.05, 3.63) is 102 Å². The Balaban J connectivity index is 0.000000496. The minimum atomic E-state index is -1.02. The molecule has 3 N–H and O–H groups in total. The molecule has 41 heavy (non-hydrogen) atoms. The van der Waals surface area contributed by atoms with Crippen LogP contribution in [0.4, 0.5) is 10.1 Å². The van der Waals surface area contributed by atoms with Crippen LogP contribution in [-0.4, -0.2) is 40.2 Å². The third kappa shape index (κ3) is 8.63. The number of nitrogens with zero attached hydrogens (tertiary/aromatic N) is 1. The maximum atomic E-state index is 13.7. The van der Waals surface area contributed by atoms with Gasteiger partial charge in [0, 0.05) is 36.1 Å². The quantitative estimate of drug-likeness (QED) is 0.123. The largest absolute Gasteiger partial charge is 0.481 e. The van der Waals surface area contributed by atoms with Crippen molar-refractivity contribution in [3.63, 3.8) is 0 Å². The number of carbonyl (C=O) groups is 2. The van der Waals surface area contributed by atoms with Gasteiger partial charge in [0.25, 0.3) is 0 Å². The van der Waals surface area contributed by atoms with Crippen molar-refractivity contribution in [2.24, 2.45) is 0 Å². The van der Waals surface area contributed by atoms with Gasteiger partial charge in [0.05, 0.1) is 18.2 Å². The van der Waals surface area contributed by atoms with E-state index in [1.165, 1.54) is 12.1 Å². The van der Waals surface area contributed by atoms with E-state index >= 15 is 0 Å². The van der Waals surface area contributed by atoms with Crippen LogP contribution in [0.1, 0.15) is 61.5 Å². The van der Waals surface area contributed by atoms with Gasteiger partial charge in [0.15, 0.2) is 6.29 Å². The SMILES string of the molecule is CC(C)c1c(C=O)c(-c2ccccc2)c(-c2ccc(F)cc2)n1CCCCC(O)CC(=O)O.CNc1ccccc1. The molecule has 0 radical (unpaired) electrons. The van der Waals surface area contributed by atoms with E-state index in [1.807, 2.05) is 81.6 Å². The summed E-state index contributed by atoms with van der Waals surface area (Å²) in [4.78, 5) is 23.1. The number of anilines is 1. The van der Waals surface area contributed by atoms with Gasteiger partial charge < -0.3 is 20.1 Å². The number of hydrogen-bond acceptors (Lipinski definition) is 4. The summed E-state index contributed by atoms with van der Waals surface area (Å²) in [6.45, 7) is 4.67. The van der Waals surface area contributed by atoms with Crippen LogP contribution in [0.5, 0.6) is 0 Å². The topological polar surface area (TPSA) is 91.6 Å². The Bertz CT molecular complexity index is 1380. The molecule has 0 fully saturated rings. The number of para-hydroxylation sites is 1. The van der Waals surface area contributed by atoms with Crippen LogP contribution in [-0.2, 0) is 11.3 Å². The van der Waals surface area contributed by atoms with Crippen molar-refractivity contribution in [1.29, 1.82) is 0 Å². The van der Waals surface area contributed by atoms with Crippen LogP contribution in [0.15, 0.2) is 84.9 Å². The van der Waals surface area contributed by atoms with Gasteiger partial charge in [-0.3, -0.25) is 9.59 Å². The predicted octanol–water partition coefficient (Wildman–Crippen LogP) is 7.63. The second-order valence-corrected chi connectivity index (χ2v) is 10.2. The smallest absolute Gasteiger partial charge is 0.305 e. The monoisotopic (exact) mass is 558 g/mol. The highest BCUT2D eigenvalue weighted by Gasteiger charge is 2.26. The molecule has 0 aliphatic carbocycles. The van der Waals surface area contributed by atoms with Crippen LogP contribution >= 0.6 is 0 Å². The first kappa shape index (κ1) is 31.3. The fraction of sp³-hybridized carbons (Fsp3) is 0.294. The molecule has 0 amide bonds. The van der Waals surface area contributed by atoms with E-state index in [4.69, 9.17) is 5.11 Å². The molecule has 0 spiro atoms. The van der Waals surface area contributed by atoms with E-state index < -0.39 is 12.1 Å². The Labute approximate surface area is 241 Å². The van der Waals surface area contributed by atoms with Gasteiger partial charge >= 0.3 is 5.97 Å². The van der Waals surface area contributed by atoms with E-state index in [0.29, 0.717) is 31.4 Å². The Kier molecular flexibility index (Phi) is 11.9. The first-order valence-electron chi connectivity index (χ1n) is 13.9. The fourth-order valence-electron chi connectivity index (χ4n) is 4.99. The van der Waals surface area contributed by atoms with Gasteiger partial charge in [-0.15, -0.1) is 0 Å². The molecule has 0 aliphatic heterocycles. The van der Waals surface area contributed by atoms with E-state index in [2.05, 4.69) is 9.88 Å². The highest BCUT2D eigenvalue weighted by Crippen LogP contribution is 2.41. The molecular weight excluding hydrogens is 519 g/mol. The van der Waals surface area contributed by atoms with Crippen molar-refractivity contribution in [1.82, 2.24) is 4.57 Å². The van der Waals surface area contributed by atoms with Gasteiger partial charge in [-0.1, -0.05) is 62.4 Å². The molecule has 4 rings (SSSR count). The number of aliphatic hydroxyl groups excluding tert-OH is 1. The van der Waals surface area contributed by atoms with Crippen LogP contribution in [0.25, 0.3) is 22.4 Å². The zero-order valence-corrected chi connectivity index (χ0v) is 23.9. The second kappa shape index (κ2) is 15.5. The number of carboxylic acids is 1. The lowest BCUT2D eigenvalue weighted by atomic mass is 9.96. The molecule has 1 heterocycles. The van der Waals surface area contributed by atoms with Crippen LogP contribution < -0.4 is 5.32 Å². The lowest BCUT2D eigenvalue weighted by Gasteiger charge is -2.17. The molecule has 0 saturated heterocycles. The highest BCUT2D eigenvalue weighted by molar-refractivity contribution is 5.97. The van der Waals surface area contributed by atoms with E-state index in [9.17, 15) is 19.1 Å². The molecular formula is C34H39FN2O4. The van der Waals surface area contributed by atoms with Crippen molar-refractivity contribution in [2.45, 2.75) is 58.1 Å². The number of hydrogen-bond donors (Lipinski definition) is 3. The van der Waals surface area contributed by atoms with E-state index in [-0.39, 0.29) is 18.2 Å². The van der Waals surface area contributed by atoms with Crippen LogP contribution in [0.2, 0.25) is 0 Å². The maximum absolute atomic E-state index is 13.7. The molecule has 6 nitrogen and oxygen atoms in total. The number of carboxylic acid groups (broad SMARTS) is 1. The van der Waals surface area contributed by atoms with Gasteiger partial charge in [0.2, 0.25) is 0 Å². The number of aliphatic hydroxyl groups is 1. The average molecular weight is 559 g/mol. The number of aliphatic carboxylic acids is 1. The van der Waals surface area contributed by atoms with Crippen LogP contribution in [0.3, 0.4) is 0 Å². The number of unbranched alkanes of at least 4 members (excludes halogenated alkanes) is 1. The molecule has 1 atom stereocenters. The van der Waals surface area contributed by atoms with Gasteiger partial charge in [-0.2, -0.15) is 0 Å². The van der Waals surface area contributed by atoms with Gasteiger partial charge in [-0.25, -0.2) is 4.39 Å². The summed E-state index contributed by atoms with van der Waals surface area (Å²) in [5.74, 6) is -1.28. The zero-order chi connectivity index (χ0) is 29.8. The van der Waals surface area contributed by atoms with Gasteiger partial charge in [-0.05, 0) is 72.7 Å². The normalized spacial score (nSPS) is 11.5. The molecule has 216 valence electrons. The first-order valence-corrected chi connectivity index (χ1v) is 13.9. The Morgan fingerprint density at radius 3 is 2.05 bits per heavy atom. The predicted molar refractivity (Wildman–Crippen MR) is 163 cm³/mol. The highest BCUT2D eigenvalue weighted by atomic mass is 19.1. The van der Waals surface area contributed by atoms with Gasteiger partial charge in [0.1, 0.15) is 5.82 Å². The van der Waals surface area contributed by atoms with E-state index in [0.717, 1.165) is 40.1 Å². The third-order valence-electron chi connectivity index (χ3n) is 6.83. The molecule has 4 aromatic rings. The minimum absolute atomic E-state index is 0.0689. The minimum Gasteiger partial charge on any atom is -0.481 e. The zero-order valence-electron chi connectivity index (χ0n) is 23.9. The summed E-state index contributed by atoms with van der Waals surface area (Å²) < 4.78 is 15.8. The fourth-order valence-corrected chi connectivity index (χ4v) is 4.99. The summed E-state index contributed by atoms with van der Waals surface area (Å²) in [6.07, 6.45) is 1.49. The third-order valence-corrected chi connectivity index (χ3v) is 6.83. The number of aromatic nitrogens is 1. The summed E-state index contributed by atoms with van der Waals surface area (Å²) in [5.41, 5.74) is 6.11. The van der Waals surface area contributed by atoms with Crippen molar-refractivity contribution in [3.8, 4) is 22.4 Å². The number of halogens is 1. The number of aldehydes is 1. The number of rotatable bonds is 12. The van der Waals surface area contributed by atoms with Crippen LogP contribution in [0, 0.1) is 5.82 Å². The second-order valence-electron chi connectivity index (χ2n) is 10.2. The molecule has 1 unspecified atom stereocenters. The lowest BCUT2D eigenvalue weighted by Crippen LogP contribution is -2.13. The Hall–Kier alpha value is -4.23. The number of carbonyl (C=O) groups excluding carboxylic acids is 1. The summed E-state index contributed by atoms with van der Waals surface area (Å²) in [6, 6.07) is 26.1. The lowest BCUT2D eigenvalue weighted by molar-refractivity contribution is -0.139. The van der Waals surface area contributed by atoms with Crippen molar-refractivity contribution < 1.29 is 24.2 Å². The average Bonchev–Trinajstić information content (AvgIpc) is 3.31. The number of benzene rings is 3. The molecule has 0 saturated carbocycles. The summed E-state index contributed by atoms with van der Waals surface area (Å²) in [7, 11) is 1.91. The number of nitrogens with one attached hydrogen (secondary N) is 1.